The van der Waals surface area contributed by atoms with Gasteiger partial charge in [0.25, 0.3) is 0 Å². The fraction of sp³-hybridized carbons (Fsp3) is 0.455. The second-order valence-corrected chi connectivity index (χ2v) is 4.34. The maximum atomic E-state index is 9.75. The van der Waals surface area contributed by atoms with Crippen LogP contribution in [0.25, 0.3) is 0 Å². The fourth-order valence-corrected chi connectivity index (χ4v) is 1.79. The number of hydrogen-bond acceptors (Lipinski definition) is 2. The number of rotatable bonds is 3. The summed E-state index contributed by atoms with van der Waals surface area (Å²) in [6.45, 7) is 0. The lowest BCUT2D eigenvalue weighted by atomic mass is 10.1. The van der Waals surface area contributed by atoms with Gasteiger partial charge in [0.15, 0.2) is 0 Å². The molecule has 14 heavy (non-hydrogen) atoms. The van der Waals surface area contributed by atoms with Crippen LogP contribution in [0.5, 0.6) is 5.75 Å². The van der Waals surface area contributed by atoms with E-state index in [9.17, 15) is 5.11 Å². The van der Waals surface area contributed by atoms with Crippen LogP contribution in [-0.4, -0.2) is 17.8 Å². The van der Waals surface area contributed by atoms with E-state index >= 15 is 0 Å². The summed E-state index contributed by atoms with van der Waals surface area (Å²) in [7, 11) is 1.61. The summed E-state index contributed by atoms with van der Waals surface area (Å²) in [5.41, 5.74) is 0.560. The summed E-state index contributed by atoms with van der Waals surface area (Å²) >= 11 is 5.92. The van der Waals surface area contributed by atoms with E-state index in [1.807, 2.05) is 12.1 Å². The minimum atomic E-state index is -0.476. The molecule has 0 atom stereocenters. The van der Waals surface area contributed by atoms with E-state index in [4.69, 9.17) is 16.3 Å². The standard InChI is InChI=1S/C11H13ClO2/c1-14-10-5-8(4-9(12)6-10)7-11(13)2-3-11/h4-6,13H,2-3,7H2,1H3. The third-order valence-electron chi connectivity index (χ3n) is 2.53. The van der Waals surface area contributed by atoms with Crippen LogP contribution in [0.4, 0.5) is 0 Å². The Balaban J connectivity index is 2.20. The number of benzene rings is 1. The second-order valence-electron chi connectivity index (χ2n) is 3.90. The molecule has 0 spiro atoms. The van der Waals surface area contributed by atoms with Crippen LogP contribution in [-0.2, 0) is 6.42 Å². The highest BCUT2D eigenvalue weighted by Crippen LogP contribution is 2.39. The van der Waals surface area contributed by atoms with Crippen molar-refractivity contribution in [2.24, 2.45) is 0 Å². The van der Waals surface area contributed by atoms with Gasteiger partial charge < -0.3 is 9.84 Å². The van der Waals surface area contributed by atoms with Gasteiger partial charge in [-0.15, -0.1) is 0 Å². The van der Waals surface area contributed by atoms with Gasteiger partial charge >= 0.3 is 0 Å². The van der Waals surface area contributed by atoms with Crippen molar-refractivity contribution in [1.29, 1.82) is 0 Å². The van der Waals surface area contributed by atoms with Gasteiger partial charge in [-0.25, -0.2) is 0 Å². The van der Waals surface area contributed by atoms with E-state index in [-0.39, 0.29) is 0 Å². The molecule has 0 heterocycles. The van der Waals surface area contributed by atoms with Crippen molar-refractivity contribution in [3.05, 3.63) is 28.8 Å². The summed E-state index contributed by atoms with van der Waals surface area (Å²) in [5.74, 6) is 0.747. The van der Waals surface area contributed by atoms with Gasteiger partial charge in [-0.3, -0.25) is 0 Å². The first-order valence-electron chi connectivity index (χ1n) is 4.67. The van der Waals surface area contributed by atoms with Crippen molar-refractivity contribution in [2.75, 3.05) is 7.11 Å². The van der Waals surface area contributed by atoms with Crippen LogP contribution in [0.3, 0.4) is 0 Å². The Morgan fingerprint density at radius 1 is 1.43 bits per heavy atom. The summed E-state index contributed by atoms with van der Waals surface area (Å²) in [6, 6.07) is 5.56. The molecule has 1 saturated carbocycles. The van der Waals surface area contributed by atoms with Crippen LogP contribution in [0.1, 0.15) is 18.4 Å². The fourth-order valence-electron chi connectivity index (χ4n) is 1.54. The lowest BCUT2D eigenvalue weighted by Gasteiger charge is -2.09. The second kappa shape index (κ2) is 3.44. The molecular formula is C11H13ClO2. The van der Waals surface area contributed by atoms with E-state index < -0.39 is 5.60 Å². The Bertz CT molecular complexity index is 345. The maximum absolute atomic E-state index is 9.75. The van der Waals surface area contributed by atoms with Gasteiger partial charge in [0.05, 0.1) is 12.7 Å². The summed E-state index contributed by atoms with van der Waals surface area (Å²) in [4.78, 5) is 0. The average molecular weight is 213 g/mol. The molecule has 1 aliphatic rings. The first-order chi connectivity index (χ1) is 6.61. The van der Waals surface area contributed by atoms with E-state index in [1.165, 1.54) is 0 Å². The van der Waals surface area contributed by atoms with E-state index in [0.29, 0.717) is 11.4 Å². The molecule has 1 fully saturated rings. The highest BCUT2D eigenvalue weighted by Gasteiger charge is 2.40. The Morgan fingerprint density at radius 2 is 2.14 bits per heavy atom. The first-order valence-corrected chi connectivity index (χ1v) is 5.05. The molecule has 1 aromatic carbocycles. The average Bonchev–Trinajstić information content (AvgIpc) is 2.82. The zero-order chi connectivity index (χ0) is 10.2. The van der Waals surface area contributed by atoms with Crippen molar-refractivity contribution in [3.63, 3.8) is 0 Å². The number of hydrogen-bond donors (Lipinski definition) is 1. The lowest BCUT2D eigenvalue weighted by Crippen LogP contribution is -2.10. The summed E-state index contributed by atoms with van der Waals surface area (Å²) < 4.78 is 5.10. The van der Waals surface area contributed by atoms with Crippen molar-refractivity contribution in [3.8, 4) is 5.75 Å². The molecule has 2 nitrogen and oxygen atoms in total. The van der Waals surface area contributed by atoms with Gasteiger partial charge in [0.1, 0.15) is 5.75 Å². The normalized spacial score (nSPS) is 17.9. The maximum Gasteiger partial charge on any atom is 0.120 e. The van der Waals surface area contributed by atoms with Crippen molar-refractivity contribution < 1.29 is 9.84 Å². The molecule has 0 amide bonds. The van der Waals surface area contributed by atoms with Gasteiger partial charge in [-0.2, -0.15) is 0 Å². The lowest BCUT2D eigenvalue weighted by molar-refractivity contribution is 0.151. The van der Waals surface area contributed by atoms with Crippen LogP contribution in [0.15, 0.2) is 18.2 Å². The third-order valence-corrected chi connectivity index (χ3v) is 2.75. The van der Waals surface area contributed by atoms with Crippen LogP contribution >= 0.6 is 11.6 Å². The Labute approximate surface area is 88.5 Å². The van der Waals surface area contributed by atoms with Crippen molar-refractivity contribution >= 4 is 11.6 Å². The SMILES string of the molecule is COc1cc(Cl)cc(CC2(O)CC2)c1. The minimum absolute atomic E-state index is 0.476. The van der Waals surface area contributed by atoms with E-state index in [0.717, 1.165) is 24.2 Å². The predicted molar refractivity (Wildman–Crippen MR) is 55.9 cm³/mol. The van der Waals surface area contributed by atoms with E-state index in [2.05, 4.69) is 0 Å². The van der Waals surface area contributed by atoms with Gasteiger partial charge in [0, 0.05) is 11.4 Å². The zero-order valence-electron chi connectivity index (χ0n) is 8.09. The van der Waals surface area contributed by atoms with Crippen molar-refractivity contribution in [1.82, 2.24) is 0 Å². The third kappa shape index (κ3) is 2.20. The Kier molecular flexibility index (Phi) is 2.41. The number of methoxy groups -OCH3 is 1. The molecule has 1 aliphatic carbocycles. The van der Waals surface area contributed by atoms with Crippen molar-refractivity contribution in [2.45, 2.75) is 24.9 Å². The first kappa shape index (κ1) is 9.81. The number of ether oxygens (including phenoxy) is 1. The Hall–Kier alpha value is -0.730. The quantitative estimate of drug-likeness (QED) is 0.834. The number of aliphatic hydroxyl groups is 1. The van der Waals surface area contributed by atoms with Crippen LogP contribution in [0, 0.1) is 0 Å². The molecular weight excluding hydrogens is 200 g/mol. The summed E-state index contributed by atoms with van der Waals surface area (Å²) in [6.07, 6.45) is 2.45. The van der Waals surface area contributed by atoms with Crippen LogP contribution < -0.4 is 4.74 Å². The van der Waals surface area contributed by atoms with E-state index in [1.54, 1.807) is 13.2 Å². The highest BCUT2D eigenvalue weighted by atomic mass is 35.5. The molecule has 0 aliphatic heterocycles. The molecule has 1 aromatic rings. The zero-order valence-corrected chi connectivity index (χ0v) is 8.84. The molecule has 1 N–H and O–H groups in total. The molecule has 76 valence electrons. The van der Waals surface area contributed by atoms with Gasteiger partial charge in [-0.1, -0.05) is 11.6 Å². The topological polar surface area (TPSA) is 29.5 Å². The molecule has 0 saturated heterocycles. The monoisotopic (exact) mass is 212 g/mol. The number of halogens is 1. The van der Waals surface area contributed by atoms with Gasteiger partial charge in [-0.05, 0) is 36.6 Å². The highest BCUT2D eigenvalue weighted by molar-refractivity contribution is 6.30. The largest absolute Gasteiger partial charge is 0.497 e. The van der Waals surface area contributed by atoms with Crippen LogP contribution in [0.2, 0.25) is 5.02 Å². The smallest absolute Gasteiger partial charge is 0.120 e. The molecule has 0 bridgehead atoms. The Morgan fingerprint density at radius 3 is 2.71 bits per heavy atom. The molecule has 3 heteroatoms. The molecule has 0 unspecified atom stereocenters. The molecule has 0 aromatic heterocycles. The van der Waals surface area contributed by atoms with Gasteiger partial charge in [0.2, 0.25) is 0 Å². The molecule has 2 rings (SSSR count). The minimum Gasteiger partial charge on any atom is -0.497 e. The molecule has 0 radical (unpaired) electrons. The summed E-state index contributed by atoms with van der Waals surface area (Å²) in [5, 5.41) is 10.4. The predicted octanol–water partition coefficient (Wildman–Crippen LogP) is 2.42.